The van der Waals surface area contributed by atoms with Crippen molar-refractivity contribution in [2.75, 3.05) is 0 Å². The number of aromatic nitrogens is 2. The Morgan fingerprint density at radius 1 is 1.41 bits per heavy atom. The summed E-state index contributed by atoms with van der Waals surface area (Å²) < 4.78 is 2.18. The maximum atomic E-state index is 5.69. The topological polar surface area (TPSA) is 43.8 Å². The van der Waals surface area contributed by atoms with Crippen molar-refractivity contribution in [1.82, 2.24) is 9.55 Å². The normalized spacial score (nSPS) is 16.0. The standard InChI is InChI=1S/C13H15N3S/c14-12(17)8-16-11-7-2-1-6-10(11)15-13(16)9-4-3-5-9/h1-2,6-7,9H,3-5,8H2,(H2,14,17). The average Bonchev–Trinajstić information content (AvgIpc) is 2.55. The highest BCUT2D eigenvalue weighted by Crippen LogP contribution is 2.37. The van der Waals surface area contributed by atoms with Gasteiger partial charge < -0.3 is 10.3 Å². The largest absolute Gasteiger partial charge is 0.392 e. The summed E-state index contributed by atoms with van der Waals surface area (Å²) in [6.45, 7) is 0.599. The smallest absolute Gasteiger partial charge is 0.113 e. The third-order valence-electron chi connectivity index (χ3n) is 3.47. The zero-order valence-electron chi connectivity index (χ0n) is 9.60. The Morgan fingerprint density at radius 2 is 2.18 bits per heavy atom. The van der Waals surface area contributed by atoms with Crippen LogP contribution in [0.15, 0.2) is 24.3 Å². The average molecular weight is 245 g/mol. The van der Waals surface area contributed by atoms with Crippen molar-refractivity contribution in [3.63, 3.8) is 0 Å². The van der Waals surface area contributed by atoms with Gasteiger partial charge in [-0.3, -0.25) is 0 Å². The predicted molar refractivity (Wildman–Crippen MR) is 73.1 cm³/mol. The highest BCUT2D eigenvalue weighted by atomic mass is 32.1. The van der Waals surface area contributed by atoms with Crippen LogP contribution in [0.4, 0.5) is 0 Å². The van der Waals surface area contributed by atoms with Crippen LogP contribution in [0.3, 0.4) is 0 Å². The quantitative estimate of drug-likeness (QED) is 0.845. The van der Waals surface area contributed by atoms with Crippen LogP contribution in [0.5, 0.6) is 0 Å². The molecule has 0 radical (unpaired) electrons. The van der Waals surface area contributed by atoms with Gasteiger partial charge in [0.15, 0.2) is 0 Å². The van der Waals surface area contributed by atoms with E-state index in [1.807, 2.05) is 18.2 Å². The fraction of sp³-hybridized carbons (Fsp3) is 0.385. The van der Waals surface area contributed by atoms with E-state index in [2.05, 4.69) is 10.6 Å². The Balaban J connectivity index is 2.14. The fourth-order valence-electron chi connectivity index (χ4n) is 2.39. The molecule has 0 unspecified atom stereocenters. The molecule has 2 N–H and O–H groups in total. The Kier molecular flexibility index (Phi) is 2.59. The molecule has 0 aliphatic heterocycles. The van der Waals surface area contributed by atoms with Crippen molar-refractivity contribution in [1.29, 1.82) is 0 Å². The van der Waals surface area contributed by atoms with E-state index >= 15 is 0 Å². The van der Waals surface area contributed by atoms with Crippen molar-refractivity contribution < 1.29 is 0 Å². The highest BCUT2D eigenvalue weighted by Gasteiger charge is 2.25. The molecule has 17 heavy (non-hydrogen) atoms. The lowest BCUT2D eigenvalue weighted by Crippen LogP contribution is -2.21. The van der Waals surface area contributed by atoms with E-state index in [1.165, 1.54) is 19.3 Å². The number of nitrogens with zero attached hydrogens (tertiary/aromatic N) is 2. The van der Waals surface area contributed by atoms with Crippen LogP contribution in [0.1, 0.15) is 31.0 Å². The molecule has 1 aliphatic rings. The maximum Gasteiger partial charge on any atom is 0.113 e. The monoisotopic (exact) mass is 245 g/mol. The number of para-hydroxylation sites is 2. The van der Waals surface area contributed by atoms with Crippen LogP contribution in [0.25, 0.3) is 11.0 Å². The molecule has 0 amide bonds. The van der Waals surface area contributed by atoms with Gasteiger partial charge in [0, 0.05) is 5.92 Å². The zero-order valence-corrected chi connectivity index (χ0v) is 10.4. The molecule has 3 rings (SSSR count). The van der Waals surface area contributed by atoms with Gasteiger partial charge in [-0.15, -0.1) is 0 Å². The van der Waals surface area contributed by atoms with Gasteiger partial charge in [0.05, 0.1) is 22.6 Å². The second kappa shape index (κ2) is 4.11. The molecular formula is C13H15N3S. The molecule has 0 saturated heterocycles. The number of hydrogen-bond donors (Lipinski definition) is 1. The summed E-state index contributed by atoms with van der Waals surface area (Å²) in [5.74, 6) is 1.75. The maximum absolute atomic E-state index is 5.69. The number of imidazole rings is 1. The Bertz CT molecular complexity index is 569. The van der Waals surface area contributed by atoms with E-state index in [9.17, 15) is 0 Å². The minimum Gasteiger partial charge on any atom is -0.392 e. The first kappa shape index (κ1) is 10.7. The number of rotatable bonds is 3. The van der Waals surface area contributed by atoms with Gasteiger partial charge in [-0.2, -0.15) is 0 Å². The molecule has 4 heteroatoms. The van der Waals surface area contributed by atoms with Crippen molar-refractivity contribution in [2.24, 2.45) is 5.73 Å². The Labute approximate surface area is 106 Å². The summed E-state index contributed by atoms with van der Waals surface area (Å²) in [6, 6.07) is 8.19. The first-order valence-electron chi connectivity index (χ1n) is 5.99. The first-order chi connectivity index (χ1) is 8.25. The van der Waals surface area contributed by atoms with E-state index in [4.69, 9.17) is 22.9 Å². The molecule has 88 valence electrons. The van der Waals surface area contributed by atoms with E-state index in [1.54, 1.807) is 0 Å². The number of benzene rings is 1. The van der Waals surface area contributed by atoms with Crippen LogP contribution in [0.2, 0.25) is 0 Å². The van der Waals surface area contributed by atoms with Gasteiger partial charge in [-0.05, 0) is 25.0 Å². The third kappa shape index (κ3) is 1.82. The zero-order chi connectivity index (χ0) is 11.8. The van der Waals surface area contributed by atoms with Gasteiger partial charge in [-0.25, -0.2) is 4.98 Å². The summed E-state index contributed by atoms with van der Waals surface area (Å²) >= 11 is 5.04. The van der Waals surface area contributed by atoms with Crippen LogP contribution < -0.4 is 5.73 Å². The lowest BCUT2D eigenvalue weighted by molar-refractivity contribution is 0.393. The van der Waals surface area contributed by atoms with Gasteiger partial charge in [-0.1, -0.05) is 30.8 Å². The van der Waals surface area contributed by atoms with Crippen molar-refractivity contribution in [2.45, 2.75) is 31.7 Å². The van der Waals surface area contributed by atoms with Gasteiger partial charge in [0.25, 0.3) is 0 Å². The predicted octanol–water partition coefficient (Wildman–Crippen LogP) is 2.59. The second-order valence-corrected chi connectivity index (χ2v) is 5.16. The third-order valence-corrected chi connectivity index (χ3v) is 3.60. The lowest BCUT2D eigenvalue weighted by atomic mass is 9.85. The molecule has 2 aromatic rings. The van der Waals surface area contributed by atoms with Crippen LogP contribution in [-0.4, -0.2) is 14.5 Å². The van der Waals surface area contributed by atoms with Crippen LogP contribution in [-0.2, 0) is 6.54 Å². The SMILES string of the molecule is NC(=S)Cn1c(C2CCC2)nc2ccccc21. The molecule has 1 fully saturated rings. The van der Waals surface area contributed by atoms with Crippen LogP contribution in [0, 0.1) is 0 Å². The molecule has 1 saturated carbocycles. The Morgan fingerprint density at radius 3 is 2.82 bits per heavy atom. The van der Waals surface area contributed by atoms with Gasteiger partial charge in [0.1, 0.15) is 5.82 Å². The summed E-state index contributed by atoms with van der Waals surface area (Å²) in [7, 11) is 0. The summed E-state index contributed by atoms with van der Waals surface area (Å²) in [6.07, 6.45) is 3.78. The molecule has 0 atom stereocenters. The number of hydrogen-bond acceptors (Lipinski definition) is 2. The minimum atomic E-state index is 0.522. The van der Waals surface area contributed by atoms with Crippen molar-refractivity contribution >= 4 is 28.2 Å². The fourth-order valence-corrected chi connectivity index (χ4v) is 2.52. The second-order valence-electron chi connectivity index (χ2n) is 4.64. The molecule has 0 spiro atoms. The number of thiocarbonyl (C=S) groups is 1. The van der Waals surface area contributed by atoms with Crippen LogP contribution >= 0.6 is 12.2 Å². The van der Waals surface area contributed by atoms with E-state index in [-0.39, 0.29) is 0 Å². The van der Waals surface area contributed by atoms with E-state index in [0.29, 0.717) is 17.5 Å². The molecular weight excluding hydrogens is 230 g/mol. The summed E-state index contributed by atoms with van der Waals surface area (Å²) in [4.78, 5) is 5.26. The summed E-state index contributed by atoms with van der Waals surface area (Å²) in [5, 5.41) is 0. The molecule has 1 aromatic carbocycles. The minimum absolute atomic E-state index is 0.522. The highest BCUT2D eigenvalue weighted by molar-refractivity contribution is 7.80. The molecule has 0 bridgehead atoms. The molecule has 1 aromatic heterocycles. The number of nitrogens with two attached hydrogens (primary N) is 1. The summed E-state index contributed by atoms with van der Waals surface area (Å²) in [5.41, 5.74) is 7.87. The Hall–Kier alpha value is -1.42. The molecule has 3 nitrogen and oxygen atoms in total. The van der Waals surface area contributed by atoms with Gasteiger partial charge in [0.2, 0.25) is 0 Å². The lowest BCUT2D eigenvalue weighted by Gasteiger charge is -2.25. The first-order valence-corrected chi connectivity index (χ1v) is 6.40. The molecule has 1 aliphatic carbocycles. The molecule has 1 heterocycles. The van der Waals surface area contributed by atoms with Crippen molar-refractivity contribution in [3.8, 4) is 0 Å². The van der Waals surface area contributed by atoms with Gasteiger partial charge >= 0.3 is 0 Å². The van der Waals surface area contributed by atoms with E-state index < -0.39 is 0 Å². The van der Waals surface area contributed by atoms with Crippen molar-refractivity contribution in [3.05, 3.63) is 30.1 Å². The van der Waals surface area contributed by atoms with E-state index in [0.717, 1.165) is 16.9 Å². The number of fused-ring (bicyclic) bond motifs is 1.